The molecule has 0 atom stereocenters. The third kappa shape index (κ3) is 5.64. The second-order valence-electron chi connectivity index (χ2n) is 7.00. The van der Waals surface area contributed by atoms with E-state index in [9.17, 15) is 9.18 Å². The molecule has 0 unspecified atom stereocenters. The van der Waals surface area contributed by atoms with Crippen LogP contribution in [0.3, 0.4) is 0 Å². The van der Waals surface area contributed by atoms with Crippen molar-refractivity contribution in [1.29, 1.82) is 0 Å². The fourth-order valence-electron chi connectivity index (χ4n) is 3.10. The highest BCUT2D eigenvalue weighted by molar-refractivity contribution is 6.31. The molecular formula is C24H22Cl2FNO4. The maximum absolute atomic E-state index is 14.0. The Hall–Kier alpha value is -2.96. The highest BCUT2D eigenvalue weighted by Crippen LogP contribution is 2.35. The van der Waals surface area contributed by atoms with Crippen molar-refractivity contribution in [3.05, 3.63) is 86.6 Å². The van der Waals surface area contributed by atoms with E-state index in [1.54, 1.807) is 30.3 Å². The lowest BCUT2D eigenvalue weighted by Crippen LogP contribution is -2.06. The molecule has 3 aromatic carbocycles. The number of carboxylic acid groups (broad SMARTS) is 1. The van der Waals surface area contributed by atoms with Crippen LogP contribution in [0, 0.1) is 12.7 Å². The van der Waals surface area contributed by atoms with E-state index in [2.05, 4.69) is 5.32 Å². The number of halogens is 3. The molecule has 5 nitrogen and oxygen atoms in total. The molecule has 3 aromatic rings. The summed E-state index contributed by atoms with van der Waals surface area (Å²) in [7, 11) is 0. The Morgan fingerprint density at radius 1 is 1.06 bits per heavy atom. The molecule has 0 fully saturated rings. The predicted molar refractivity (Wildman–Crippen MR) is 124 cm³/mol. The normalized spacial score (nSPS) is 10.7. The van der Waals surface area contributed by atoms with Crippen LogP contribution in [0.2, 0.25) is 10.0 Å². The molecule has 32 heavy (non-hydrogen) atoms. The van der Waals surface area contributed by atoms with Crippen LogP contribution in [-0.4, -0.2) is 17.7 Å². The molecule has 0 aromatic heterocycles. The van der Waals surface area contributed by atoms with E-state index >= 15 is 0 Å². The summed E-state index contributed by atoms with van der Waals surface area (Å²) in [6.45, 7) is 4.38. The van der Waals surface area contributed by atoms with Crippen molar-refractivity contribution in [3.63, 3.8) is 0 Å². The smallest absolute Gasteiger partial charge is 0.335 e. The number of aromatic carboxylic acids is 1. The summed E-state index contributed by atoms with van der Waals surface area (Å²) in [4.78, 5) is 11.1. The molecule has 0 aliphatic heterocycles. The monoisotopic (exact) mass is 477 g/mol. The van der Waals surface area contributed by atoms with Gasteiger partial charge >= 0.3 is 5.97 Å². The predicted octanol–water partition coefficient (Wildman–Crippen LogP) is 6.73. The van der Waals surface area contributed by atoms with Crippen molar-refractivity contribution in [2.45, 2.75) is 27.0 Å². The molecular weight excluding hydrogens is 456 g/mol. The van der Waals surface area contributed by atoms with Crippen LogP contribution in [0.25, 0.3) is 0 Å². The van der Waals surface area contributed by atoms with E-state index in [0.29, 0.717) is 29.7 Å². The van der Waals surface area contributed by atoms with Gasteiger partial charge in [-0.15, -0.1) is 0 Å². The molecule has 168 valence electrons. The van der Waals surface area contributed by atoms with E-state index in [1.165, 1.54) is 18.2 Å². The van der Waals surface area contributed by atoms with Gasteiger partial charge in [-0.3, -0.25) is 0 Å². The minimum absolute atomic E-state index is 0.0748. The number of aryl methyl sites for hydroxylation is 1. The Balaban J connectivity index is 1.78. The van der Waals surface area contributed by atoms with Gasteiger partial charge in [-0.25, -0.2) is 9.18 Å². The second kappa shape index (κ2) is 10.6. The topological polar surface area (TPSA) is 67.8 Å². The minimum atomic E-state index is -0.976. The molecule has 0 spiro atoms. The highest BCUT2D eigenvalue weighted by Gasteiger charge is 2.14. The van der Waals surface area contributed by atoms with Gasteiger partial charge in [-0.05, 0) is 61.4 Å². The summed E-state index contributed by atoms with van der Waals surface area (Å²) in [5, 5.41) is 13.1. The quantitative estimate of drug-likeness (QED) is 0.357. The molecule has 0 aliphatic rings. The first kappa shape index (κ1) is 23.7. The van der Waals surface area contributed by atoms with E-state index < -0.39 is 11.8 Å². The highest BCUT2D eigenvalue weighted by atomic mass is 35.5. The summed E-state index contributed by atoms with van der Waals surface area (Å²) in [6, 6.07) is 12.7. The molecule has 0 saturated carbocycles. The summed E-state index contributed by atoms with van der Waals surface area (Å²) in [5.74, 6) is -0.580. The average Bonchev–Trinajstić information content (AvgIpc) is 2.74. The fourth-order valence-corrected chi connectivity index (χ4v) is 3.54. The van der Waals surface area contributed by atoms with Gasteiger partial charge in [0.2, 0.25) is 0 Å². The molecule has 8 heteroatoms. The van der Waals surface area contributed by atoms with E-state index in [4.69, 9.17) is 37.8 Å². The fraction of sp³-hybridized carbons (Fsp3) is 0.208. The zero-order valence-electron chi connectivity index (χ0n) is 17.5. The third-order valence-electron chi connectivity index (χ3n) is 4.79. The average molecular weight is 478 g/mol. The number of rotatable bonds is 9. The van der Waals surface area contributed by atoms with Crippen molar-refractivity contribution in [2.75, 3.05) is 11.9 Å². The van der Waals surface area contributed by atoms with Crippen LogP contribution < -0.4 is 14.8 Å². The Morgan fingerprint density at radius 2 is 1.81 bits per heavy atom. The lowest BCUT2D eigenvalue weighted by molar-refractivity contribution is 0.0697. The summed E-state index contributed by atoms with van der Waals surface area (Å²) < 4.78 is 25.5. The van der Waals surface area contributed by atoms with Crippen LogP contribution in [-0.2, 0) is 13.2 Å². The number of anilines is 1. The van der Waals surface area contributed by atoms with Crippen LogP contribution in [0.15, 0.2) is 48.5 Å². The van der Waals surface area contributed by atoms with Crippen LogP contribution in [0.4, 0.5) is 10.1 Å². The number of carboxylic acids is 1. The Kier molecular flexibility index (Phi) is 7.83. The zero-order chi connectivity index (χ0) is 23.3. The molecule has 0 heterocycles. The van der Waals surface area contributed by atoms with Crippen LogP contribution in [0.5, 0.6) is 11.5 Å². The third-order valence-corrected chi connectivity index (χ3v) is 5.49. The number of benzene rings is 3. The van der Waals surface area contributed by atoms with Gasteiger partial charge in [0.15, 0.2) is 11.5 Å². The number of ether oxygens (including phenoxy) is 2. The van der Waals surface area contributed by atoms with Crippen molar-refractivity contribution >= 4 is 34.9 Å². The standard InChI is InChI=1S/C24H22Cl2FNO4/c1-3-31-22-10-16(12-28-21-8-7-15(24(29)30)9-14(21)2)19(26)11-23(22)32-13-17-18(25)5-4-6-20(17)27/h4-11,28H,3,12-13H2,1-2H3,(H,29,30). The SMILES string of the molecule is CCOc1cc(CNc2ccc(C(=O)O)cc2C)c(Cl)cc1OCc1c(F)cccc1Cl. The molecule has 0 aliphatic carbocycles. The van der Waals surface area contributed by atoms with Gasteiger partial charge < -0.3 is 19.9 Å². The lowest BCUT2D eigenvalue weighted by Gasteiger charge is -2.17. The van der Waals surface area contributed by atoms with E-state index in [0.717, 1.165) is 16.8 Å². The van der Waals surface area contributed by atoms with Gasteiger partial charge in [0, 0.05) is 28.9 Å². The lowest BCUT2D eigenvalue weighted by atomic mass is 10.1. The van der Waals surface area contributed by atoms with E-state index in [-0.39, 0.29) is 22.8 Å². The van der Waals surface area contributed by atoms with Crippen LogP contribution in [0.1, 0.15) is 34.0 Å². The largest absolute Gasteiger partial charge is 0.490 e. The van der Waals surface area contributed by atoms with Gasteiger partial charge in [-0.1, -0.05) is 29.3 Å². The number of hydrogen-bond acceptors (Lipinski definition) is 4. The molecule has 0 radical (unpaired) electrons. The van der Waals surface area contributed by atoms with Gasteiger partial charge in [-0.2, -0.15) is 0 Å². The van der Waals surface area contributed by atoms with Gasteiger partial charge in [0.25, 0.3) is 0 Å². The summed E-state index contributed by atoms with van der Waals surface area (Å²) >= 11 is 12.5. The first-order chi connectivity index (χ1) is 15.3. The maximum atomic E-state index is 14.0. The van der Waals surface area contributed by atoms with Crippen molar-refractivity contribution in [3.8, 4) is 11.5 Å². The van der Waals surface area contributed by atoms with Gasteiger partial charge in [0.1, 0.15) is 12.4 Å². The molecule has 0 bridgehead atoms. The number of carbonyl (C=O) groups is 1. The van der Waals surface area contributed by atoms with Gasteiger partial charge in [0.05, 0.1) is 17.2 Å². The summed E-state index contributed by atoms with van der Waals surface area (Å²) in [5.41, 5.74) is 2.82. The number of nitrogens with one attached hydrogen (secondary N) is 1. The molecule has 3 rings (SSSR count). The Bertz CT molecular complexity index is 1120. The van der Waals surface area contributed by atoms with Crippen LogP contribution >= 0.6 is 23.2 Å². The van der Waals surface area contributed by atoms with Crippen molar-refractivity contribution in [2.24, 2.45) is 0 Å². The summed E-state index contributed by atoms with van der Waals surface area (Å²) in [6.07, 6.45) is 0. The first-order valence-corrected chi connectivity index (χ1v) is 10.6. The van der Waals surface area contributed by atoms with E-state index in [1.807, 2.05) is 13.8 Å². The Morgan fingerprint density at radius 3 is 2.47 bits per heavy atom. The zero-order valence-corrected chi connectivity index (χ0v) is 19.1. The Labute approximate surface area is 195 Å². The number of hydrogen-bond donors (Lipinski definition) is 2. The molecule has 0 saturated heterocycles. The second-order valence-corrected chi connectivity index (χ2v) is 7.82. The maximum Gasteiger partial charge on any atom is 0.335 e. The minimum Gasteiger partial charge on any atom is -0.490 e. The molecule has 0 amide bonds. The van der Waals surface area contributed by atoms with Crippen molar-refractivity contribution in [1.82, 2.24) is 0 Å². The first-order valence-electron chi connectivity index (χ1n) is 9.88. The van der Waals surface area contributed by atoms with Crippen molar-refractivity contribution < 1.29 is 23.8 Å². The molecule has 2 N–H and O–H groups in total.